The van der Waals surface area contributed by atoms with Crippen molar-refractivity contribution in [2.75, 3.05) is 24.7 Å². The van der Waals surface area contributed by atoms with E-state index in [-0.39, 0.29) is 16.4 Å². The molecule has 0 aliphatic heterocycles. The first-order valence-electron chi connectivity index (χ1n) is 8.93. The maximum absolute atomic E-state index is 12.4. The molecule has 1 unspecified atom stereocenters. The number of nitrogens with zero attached hydrogens (tertiary/aromatic N) is 1. The number of ether oxygens (including phenoxy) is 1. The largest absolute Gasteiger partial charge is 0.449 e. The minimum Gasteiger partial charge on any atom is -0.449 e. The molecule has 0 radical (unpaired) electrons. The average Bonchev–Trinajstić information content (AvgIpc) is 2.68. The minimum absolute atomic E-state index is 0.0113. The van der Waals surface area contributed by atoms with Crippen molar-refractivity contribution in [2.45, 2.75) is 24.8 Å². The zero-order valence-corrected chi connectivity index (χ0v) is 17.8. The van der Waals surface area contributed by atoms with Crippen LogP contribution in [0.25, 0.3) is 0 Å². The van der Waals surface area contributed by atoms with Gasteiger partial charge in [-0.15, -0.1) is 0 Å². The first-order chi connectivity index (χ1) is 14.0. The number of hydrogen-bond donors (Lipinski definition) is 2. The van der Waals surface area contributed by atoms with Crippen molar-refractivity contribution in [3.8, 4) is 0 Å². The van der Waals surface area contributed by atoms with Crippen LogP contribution in [0.3, 0.4) is 0 Å². The van der Waals surface area contributed by atoms with Crippen molar-refractivity contribution >= 4 is 39.2 Å². The Labute approximate surface area is 175 Å². The molecule has 0 aliphatic carbocycles. The standard InChI is InChI=1S/C20H23N3O6S/c1-13(19(25)22-17-10-8-16(9-11-17)21-14(2)24)29-20(26)15-6-5-7-18(12-15)30(27,28)23(3)4/h5-13H,1-4H3,(H,21,24)(H,22,25). The number of carbonyl (C=O) groups excluding carboxylic acids is 3. The minimum atomic E-state index is -3.71. The van der Waals surface area contributed by atoms with E-state index in [2.05, 4.69) is 10.6 Å². The lowest BCUT2D eigenvalue weighted by molar-refractivity contribution is -0.123. The molecule has 0 heterocycles. The van der Waals surface area contributed by atoms with Gasteiger partial charge in [0.15, 0.2) is 6.10 Å². The highest BCUT2D eigenvalue weighted by Crippen LogP contribution is 2.17. The number of nitrogens with one attached hydrogen (secondary N) is 2. The third kappa shape index (κ3) is 5.88. The first-order valence-corrected chi connectivity index (χ1v) is 10.4. The fraction of sp³-hybridized carbons (Fsp3) is 0.250. The molecule has 0 aromatic heterocycles. The number of hydrogen-bond acceptors (Lipinski definition) is 6. The van der Waals surface area contributed by atoms with E-state index in [0.29, 0.717) is 11.4 Å². The van der Waals surface area contributed by atoms with E-state index in [0.717, 1.165) is 4.31 Å². The molecule has 0 saturated heterocycles. The summed E-state index contributed by atoms with van der Waals surface area (Å²) in [5.41, 5.74) is 1.04. The van der Waals surface area contributed by atoms with Crippen molar-refractivity contribution < 1.29 is 27.5 Å². The highest BCUT2D eigenvalue weighted by atomic mass is 32.2. The quantitative estimate of drug-likeness (QED) is 0.645. The summed E-state index contributed by atoms with van der Waals surface area (Å²) in [6, 6.07) is 11.8. The Morgan fingerprint density at radius 1 is 0.967 bits per heavy atom. The smallest absolute Gasteiger partial charge is 0.338 e. The van der Waals surface area contributed by atoms with Crippen LogP contribution in [0.4, 0.5) is 11.4 Å². The Bertz CT molecular complexity index is 1050. The van der Waals surface area contributed by atoms with Gasteiger partial charge >= 0.3 is 5.97 Å². The van der Waals surface area contributed by atoms with Crippen LogP contribution in [0.5, 0.6) is 0 Å². The molecule has 2 amide bonds. The third-order valence-electron chi connectivity index (χ3n) is 3.97. The van der Waals surface area contributed by atoms with Crippen molar-refractivity contribution in [1.82, 2.24) is 4.31 Å². The van der Waals surface area contributed by atoms with Gasteiger partial charge in [-0.1, -0.05) is 6.07 Å². The van der Waals surface area contributed by atoms with Crippen LogP contribution in [0.15, 0.2) is 53.4 Å². The number of carbonyl (C=O) groups is 3. The van der Waals surface area contributed by atoms with Crippen molar-refractivity contribution in [1.29, 1.82) is 0 Å². The molecule has 0 saturated carbocycles. The maximum Gasteiger partial charge on any atom is 0.338 e. The summed E-state index contributed by atoms with van der Waals surface area (Å²) >= 11 is 0. The molecule has 2 rings (SSSR count). The summed E-state index contributed by atoms with van der Waals surface area (Å²) in [4.78, 5) is 35.6. The molecular formula is C20H23N3O6S. The van der Waals surface area contributed by atoms with Gasteiger partial charge in [0, 0.05) is 32.4 Å². The molecule has 2 N–H and O–H groups in total. The molecule has 2 aromatic rings. The van der Waals surface area contributed by atoms with Crippen LogP contribution in [-0.4, -0.2) is 50.7 Å². The SMILES string of the molecule is CC(=O)Nc1ccc(NC(=O)C(C)OC(=O)c2cccc(S(=O)(=O)N(C)C)c2)cc1. The zero-order chi connectivity index (χ0) is 22.5. The van der Waals surface area contributed by atoms with E-state index in [4.69, 9.17) is 4.74 Å². The van der Waals surface area contributed by atoms with Crippen molar-refractivity contribution in [3.05, 3.63) is 54.1 Å². The summed E-state index contributed by atoms with van der Waals surface area (Å²) in [6.45, 7) is 2.79. The highest BCUT2D eigenvalue weighted by Gasteiger charge is 2.22. The summed E-state index contributed by atoms with van der Waals surface area (Å²) in [7, 11) is -0.941. The zero-order valence-electron chi connectivity index (χ0n) is 17.0. The predicted molar refractivity (Wildman–Crippen MR) is 112 cm³/mol. The maximum atomic E-state index is 12.4. The number of rotatable bonds is 7. The number of sulfonamides is 1. The lowest BCUT2D eigenvalue weighted by Crippen LogP contribution is -2.30. The Hall–Kier alpha value is -3.24. The fourth-order valence-corrected chi connectivity index (χ4v) is 3.31. The van der Waals surface area contributed by atoms with Crippen molar-refractivity contribution in [2.24, 2.45) is 0 Å². The number of amides is 2. The topological polar surface area (TPSA) is 122 Å². The van der Waals surface area contributed by atoms with Gasteiger partial charge < -0.3 is 15.4 Å². The van der Waals surface area contributed by atoms with Crippen LogP contribution in [0, 0.1) is 0 Å². The van der Waals surface area contributed by atoms with Gasteiger partial charge in [-0.2, -0.15) is 0 Å². The second kappa shape index (κ2) is 9.51. The van der Waals surface area contributed by atoms with Gasteiger partial charge in [0.25, 0.3) is 5.91 Å². The monoisotopic (exact) mass is 433 g/mol. The van der Waals surface area contributed by atoms with Gasteiger partial charge in [-0.3, -0.25) is 9.59 Å². The Morgan fingerprint density at radius 3 is 2.07 bits per heavy atom. The molecule has 160 valence electrons. The normalized spacial score (nSPS) is 12.2. The van der Waals surface area contributed by atoms with E-state index in [1.54, 1.807) is 24.3 Å². The van der Waals surface area contributed by atoms with Crippen LogP contribution in [0.1, 0.15) is 24.2 Å². The lowest BCUT2D eigenvalue weighted by Gasteiger charge is -2.15. The molecule has 30 heavy (non-hydrogen) atoms. The van der Waals surface area contributed by atoms with E-state index in [9.17, 15) is 22.8 Å². The van der Waals surface area contributed by atoms with E-state index < -0.39 is 28.0 Å². The van der Waals surface area contributed by atoms with Gasteiger partial charge in [-0.05, 0) is 49.4 Å². The summed E-state index contributed by atoms with van der Waals surface area (Å²) in [6.07, 6.45) is -1.12. The number of anilines is 2. The Kier molecular flexibility index (Phi) is 7.30. The molecule has 1 atom stereocenters. The second-order valence-corrected chi connectivity index (χ2v) is 8.76. The van der Waals surface area contributed by atoms with Crippen LogP contribution in [0.2, 0.25) is 0 Å². The van der Waals surface area contributed by atoms with E-state index in [1.165, 1.54) is 52.2 Å². The van der Waals surface area contributed by atoms with Crippen LogP contribution in [-0.2, 0) is 24.3 Å². The molecule has 2 aromatic carbocycles. The number of esters is 1. The third-order valence-corrected chi connectivity index (χ3v) is 5.79. The molecular weight excluding hydrogens is 410 g/mol. The summed E-state index contributed by atoms with van der Waals surface area (Å²) in [5, 5.41) is 5.21. The molecule has 0 fully saturated rings. The summed E-state index contributed by atoms with van der Waals surface area (Å²) in [5.74, 6) is -1.60. The van der Waals surface area contributed by atoms with E-state index >= 15 is 0 Å². The molecule has 0 spiro atoms. The average molecular weight is 433 g/mol. The first kappa shape index (κ1) is 23.0. The Balaban J connectivity index is 2.03. The van der Waals surface area contributed by atoms with E-state index in [1.807, 2.05) is 0 Å². The van der Waals surface area contributed by atoms with Gasteiger partial charge in [-0.25, -0.2) is 17.5 Å². The van der Waals surface area contributed by atoms with Gasteiger partial charge in [0.05, 0.1) is 10.5 Å². The lowest BCUT2D eigenvalue weighted by atomic mass is 10.2. The number of benzene rings is 2. The van der Waals surface area contributed by atoms with Crippen molar-refractivity contribution in [3.63, 3.8) is 0 Å². The van der Waals surface area contributed by atoms with Gasteiger partial charge in [0.1, 0.15) is 0 Å². The molecule has 9 nitrogen and oxygen atoms in total. The molecule has 0 aliphatic rings. The molecule has 0 bridgehead atoms. The predicted octanol–water partition coefficient (Wildman–Crippen LogP) is 2.08. The van der Waals surface area contributed by atoms with Gasteiger partial charge in [0.2, 0.25) is 15.9 Å². The van der Waals surface area contributed by atoms with Crippen LogP contribution >= 0.6 is 0 Å². The fourth-order valence-electron chi connectivity index (χ4n) is 2.36. The Morgan fingerprint density at radius 2 is 1.53 bits per heavy atom. The van der Waals surface area contributed by atoms with Crippen LogP contribution < -0.4 is 10.6 Å². The summed E-state index contributed by atoms with van der Waals surface area (Å²) < 4.78 is 30.6. The second-order valence-electron chi connectivity index (χ2n) is 6.61. The highest BCUT2D eigenvalue weighted by molar-refractivity contribution is 7.89. The molecule has 10 heteroatoms.